The lowest BCUT2D eigenvalue weighted by molar-refractivity contribution is 0.755. The first kappa shape index (κ1) is 17.4. The molecule has 4 rings (SSSR count). The SMILES string of the molecule is Cc1ccccc1-c1nnc(S[C@@H](C)c2nnnn2-c2ccccc2)n1C. The van der Waals surface area contributed by atoms with Crippen molar-refractivity contribution in [3.63, 3.8) is 0 Å². The number of tetrazole rings is 1. The summed E-state index contributed by atoms with van der Waals surface area (Å²) in [6, 6.07) is 18.0. The first-order valence-electron chi connectivity index (χ1n) is 8.61. The fraction of sp³-hybridized carbons (Fsp3) is 0.211. The fourth-order valence-corrected chi connectivity index (χ4v) is 3.79. The molecule has 1 atom stereocenters. The van der Waals surface area contributed by atoms with Crippen molar-refractivity contribution in [3.8, 4) is 17.1 Å². The van der Waals surface area contributed by atoms with E-state index in [2.05, 4.69) is 51.7 Å². The number of hydrogen-bond donors (Lipinski definition) is 0. The zero-order chi connectivity index (χ0) is 18.8. The minimum atomic E-state index is 0.00725. The van der Waals surface area contributed by atoms with Gasteiger partial charge in [-0.05, 0) is 42.0 Å². The van der Waals surface area contributed by atoms with Crippen molar-refractivity contribution in [2.75, 3.05) is 0 Å². The lowest BCUT2D eigenvalue weighted by Gasteiger charge is -2.11. The third kappa shape index (κ3) is 3.35. The minimum Gasteiger partial charge on any atom is -0.305 e. The minimum absolute atomic E-state index is 0.00725. The first-order valence-corrected chi connectivity index (χ1v) is 9.49. The third-order valence-corrected chi connectivity index (χ3v) is 5.49. The Morgan fingerprint density at radius 2 is 1.67 bits per heavy atom. The molecule has 8 heteroatoms. The number of aromatic nitrogens is 7. The topological polar surface area (TPSA) is 74.3 Å². The van der Waals surface area contributed by atoms with Gasteiger partial charge in [0.25, 0.3) is 0 Å². The summed E-state index contributed by atoms with van der Waals surface area (Å²) >= 11 is 1.58. The Morgan fingerprint density at radius 1 is 0.926 bits per heavy atom. The second kappa shape index (κ2) is 7.32. The number of aryl methyl sites for hydroxylation is 1. The number of nitrogens with zero attached hydrogens (tertiary/aromatic N) is 7. The molecule has 0 unspecified atom stereocenters. The molecular formula is C19H19N7S. The number of rotatable bonds is 5. The lowest BCUT2D eigenvalue weighted by atomic mass is 10.1. The Kier molecular flexibility index (Phi) is 4.72. The number of para-hydroxylation sites is 1. The molecule has 0 bridgehead atoms. The normalized spacial score (nSPS) is 12.3. The smallest absolute Gasteiger partial charge is 0.191 e. The summed E-state index contributed by atoms with van der Waals surface area (Å²) in [5.74, 6) is 1.62. The lowest BCUT2D eigenvalue weighted by Crippen LogP contribution is -2.05. The molecule has 0 N–H and O–H groups in total. The van der Waals surface area contributed by atoms with E-state index in [4.69, 9.17) is 0 Å². The second-order valence-electron chi connectivity index (χ2n) is 6.22. The van der Waals surface area contributed by atoms with Crippen LogP contribution in [-0.4, -0.2) is 35.0 Å². The highest BCUT2D eigenvalue weighted by Crippen LogP contribution is 2.34. The predicted molar refractivity (Wildman–Crippen MR) is 105 cm³/mol. The van der Waals surface area contributed by atoms with Gasteiger partial charge in [-0.2, -0.15) is 4.68 Å². The van der Waals surface area contributed by atoms with Crippen LogP contribution in [0.2, 0.25) is 0 Å². The van der Waals surface area contributed by atoms with Crippen LogP contribution in [0.3, 0.4) is 0 Å². The maximum Gasteiger partial charge on any atom is 0.191 e. The fourth-order valence-electron chi connectivity index (χ4n) is 2.89. The van der Waals surface area contributed by atoms with Crippen molar-refractivity contribution < 1.29 is 0 Å². The van der Waals surface area contributed by atoms with Gasteiger partial charge in [0.05, 0.1) is 10.9 Å². The molecule has 0 fully saturated rings. The molecule has 0 spiro atoms. The molecule has 2 heterocycles. The molecule has 7 nitrogen and oxygen atoms in total. The van der Waals surface area contributed by atoms with Crippen LogP contribution in [-0.2, 0) is 7.05 Å². The molecule has 2 aromatic heterocycles. The molecule has 2 aromatic carbocycles. The molecule has 0 aliphatic rings. The van der Waals surface area contributed by atoms with Crippen molar-refractivity contribution >= 4 is 11.8 Å². The van der Waals surface area contributed by atoms with E-state index in [1.165, 1.54) is 5.56 Å². The van der Waals surface area contributed by atoms with Gasteiger partial charge in [-0.25, -0.2) is 0 Å². The zero-order valence-electron chi connectivity index (χ0n) is 15.3. The van der Waals surface area contributed by atoms with Crippen LogP contribution in [0.1, 0.15) is 23.6 Å². The summed E-state index contributed by atoms with van der Waals surface area (Å²) in [4.78, 5) is 0. The Bertz CT molecular complexity index is 1050. The highest BCUT2D eigenvalue weighted by Gasteiger charge is 2.21. The number of thioether (sulfide) groups is 1. The maximum absolute atomic E-state index is 4.40. The van der Waals surface area contributed by atoms with Crippen LogP contribution in [0, 0.1) is 6.92 Å². The van der Waals surface area contributed by atoms with E-state index in [1.54, 1.807) is 16.4 Å². The molecule has 0 aliphatic heterocycles. The van der Waals surface area contributed by atoms with Gasteiger partial charge in [-0.15, -0.1) is 15.3 Å². The standard InChI is InChI=1S/C19H19N7S/c1-13-9-7-8-12-16(13)18-20-22-19(25(18)3)27-14(2)17-21-23-24-26(17)15-10-5-4-6-11-15/h4-12,14H,1-3H3/t14-/m0/s1. The van der Waals surface area contributed by atoms with Crippen LogP contribution in [0.15, 0.2) is 59.8 Å². The molecule has 0 amide bonds. The van der Waals surface area contributed by atoms with Crippen molar-refractivity contribution in [1.29, 1.82) is 0 Å². The van der Waals surface area contributed by atoms with E-state index in [0.29, 0.717) is 0 Å². The summed E-state index contributed by atoms with van der Waals surface area (Å²) in [7, 11) is 1.98. The van der Waals surface area contributed by atoms with Gasteiger partial charge >= 0.3 is 0 Å². The predicted octanol–water partition coefficient (Wildman–Crippen LogP) is 3.62. The summed E-state index contributed by atoms with van der Waals surface area (Å²) in [5, 5.41) is 21.8. The average molecular weight is 377 g/mol. The van der Waals surface area contributed by atoms with Gasteiger partial charge in [-0.3, -0.25) is 0 Å². The second-order valence-corrected chi connectivity index (χ2v) is 7.53. The van der Waals surface area contributed by atoms with Crippen molar-refractivity contribution in [3.05, 3.63) is 66.0 Å². The van der Waals surface area contributed by atoms with E-state index < -0.39 is 0 Å². The van der Waals surface area contributed by atoms with Gasteiger partial charge in [0.2, 0.25) is 0 Å². The van der Waals surface area contributed by atoms with Gasteiger partial charge < -0.3 is 4.57 Å². The number of benzene rings is 2. The molecule has 0 radical (unpaired) electrons. The molecule has 0 saturated heterocycles. The van der Waals surface area contributed by atoms with Crippen LogP contribution in [0.5, 0.6) is 0 Å². The van der Waals surface area contributed by atoms with Gasteiger partial charge in [0.15, 0.2) is 16.8 Å². The quantitative estimate of drug-likeness (QED) is 0.495. The van der Waals surface area contributed by atoms with Crippen LogP contribution in [0.4, 0.5) is 0 Å². The summed E-state index contributed by atoms with van der Waals surface area (Å²) in [6.45, 7) is 4.14. The molecule has 0 saturated carbocycles. The number of hydrogen-bond acceptors (Lipinski definition) is 6. The average Bonchev–Trinajstić information content (AvgIpc) is 3.31. The third-order valence-electron chi connectivity index (χ3n) is 4.36. The monoisotopic (exact) mass is 377 g/mol. The Labute approximate surface area is 161 Å². The van der Waals surface area contributed by atoms with Crippen molar-refractivity contribution in [2.24, 2.45) is 7.05 Å². The van der Waals surface area contributed by atoms with E-state index in [1.807, 2.05) is 54.1 Å². The molecule has 0 aliphatic carbocycles. The van der Waals surface area contributed by atoms with Crippen molar-refractivity contribution in [1.82, 2.24) is 35.0 Å². The van der Waals surface area contributed by atoms with Gasteiger partial charge in [0.1, 0.15) is 0 Å². The van der Waals surface area contributed by atoms with E-state index in [0.717, 1.165) is 28.1 Å². The van der Waals surface area contributed by atoms with Crippen LogP contribution >= 0.6 is 11.8 Å². The van der Waals surface area contributed by atoms with Crippen LogP contribution < -0.4 is 0 Å². The highest BCUT2D eigenvalue weighted by atomic mass is 32.2. The van der Waals surface area contributed by atoms with Gasteiger partial charge in [0, 0.05) is 12.6 Å². The molecular weight excluding hydrogens is 358 g/mol. The largest absolute Gasteiger partial charge is 0.305 e. The van der Waals surface area contributed by atoms with Crippen molar-refractivity contribution in [2.45, 2.75) is 24.3 Å². The van der Waals surface area contributed by atoms with E-state index >= 15 is 0 Å². The molecule has 27 heavy (non-hydrogen) atoms. The summed E-state index contributed by atoms with van der Waals surface area (Å²) < 4.78 is 3.77. The highest BCUT2D eigenvalue weighted by molar-refractivity contribution is 7.99. The Hall–Kier alpha value is -3.00. The Morgan fingerprint density at radius 3 is 2.44 bits per heavy atom. The van der Waals surface area contributed by atoms with Gasteiger partial charge in [-0.1, -0.05) is 54.2 Å². The zero-order valence-corrected chi connectivity index (χ0v) is 16.1. The van der Waals surface area contributed by atoms with E-state index in [-0.39, 0.29) is 5.25 Å². The maximum atomic E-state index is 4.40. The summed E-state index contributed by atoms with van der Waals surface area (Å²) in [6.07, 6.45) is 0. The van der Waals surface area contributed by atoms with Crippen LogP contribution in [0.25, 0.3) is 17.1 Å². The summed E-state index contributed by atoms with van der Waals surface area (Å²) in [5.41, 5.74) is 3.19. The molecule has 136 valence electrons. The first-order chi connectivity index (χ1) is 13.1. The van der Waals surface area contributed by atoms with E-state index in [9.17, 15) is 0 Å². The molecule has 4 aromatic rings. The Balaban J connectivity index is 1.61.